The highest BCUT2D eigenvalue weighted by Gasteiger charge is 2.26. The van der Waals surface area contributed by atoms with Crippen LogP contribution >= 0.6 is 0 Å². The van der Waals surface area contributed by atoms with Gasteiger partial charge in [-0.15, -0.1) is 0 Å². The number of esters is 1. The van der Waals surface area contributed by atoms with Gasteiger partial charge in [-0.3, -0.25) is 14.7 Å². The average Bonchev–Trinajstić information content (AvgIpc) is 3.11. The van der Waals surface area contributed by atoms with E-state index >= 15 is 0 Å². The van der Waals surface area contributed by atoms with Crippen LogP contribution in [0.25, 0.3) is 5.65 Å². The molecule has 0 amide bonds. The van der Waals surface area contributed by atoms with Gasteiger partial charge in [-0.05, 0) is 5.56 Å². The molecule has 0 unspecified atom stereocenters. The van der Waals surface area contributed by atoms with Gasteiger partial charge < -0.3 is 10.1 Å². The molecule has 25 heavy (non-hydrogen) atoms. The predicted octanol–water partition coefficient (Wildman–Crippen LogP) is 1.66. The Morgan fingerprint density at radius 3 is 2.80 bits per heavy atom. The van der Waals surface area contributed by atoms with Crippen molar-refractivity contribution in [3.05, 3.63) is 70.3 Å². The number of hydrogen-bond acceptors (Lipinski definition) is 5. The lowest BCUT2D eigenvalue weighted by Crippen LogP contribution is -2.32. The number of fused-ring (bicyclic) bond motifs is 1. The van der Waals surface area contributed by atoms with Crippen molar-refractivity contribution < 1.29 is 9.53 Å². The van der Waals surface area contributed by atoms with Gasteiger partial charge in [0.05, 0.1) is 18.7 Å². The van der Waals surface area contributed by atoms with E-state index in [1.807, 2.05) is 37.3 Å². The van der Waals surface area contributed by atoms with Crippen molar-refractivity contribution in [1.29, 1.82) is 0 Å². The van der Waals surface area contributed by atoms with Crippen LogP contribution in [0, 0.1) is 5.92 Å². The highest BCUT2D eigenvalue weighted by Crippen LogP contribution is 2.23. The third kappa shape index (κ3) is 3.61. The molecule has 2 N–H and O–H groups in total. The standard InChI is InChI=1S/C18H20N4O3/c1-12(18(24)25-2)17(13-6-4-3-5-7-13)19-11-14-10-16(23)22-15(21-14)8-9-20-22/h3-10,12,17,19-20H,11H2,1-2H3/t12-,17-/m0/s1. The van der Waals surface area contributed by atoms with E-state index in [-0.39, 0.29) is 23.5 Å². The van der Waals surface area contributed by atoms with Crippen LogP contribution in [0.1, 0.15) is 24.2 Å². The second kappa shape index (κ2) is 7.31. The van der Waals surface area contributed by atoms with Crippen LogP contribution in [-0.2, 0) is 16.1 Å². The zero-order valence-electron chi connectivity index (χ0n) is 14.1. The number of methoxy groups -OCH3 is 1. The Hall–Kier alpha value is -2.93. The van der Waals surface area contributed by atoms with Crippen LogP contribution in [0.5, 0.6) is 0 Å². The lowest BCUT2D eigenvalue weighted by Gasteiger charge is -2.24. The number of H-pyrrole nitrogens is 1. The number of nitrogens with zero attached hydrogens (tertiary/aromatic N) is 2. The molecule has 1 aromatic carbocycles. The zero-order chi connectivity index (χ0) is 17.8. The molecule has 0 saturated carbocycles. The number of hydrogen-bond donors (Lipinski definition) is 2. The maximum absolute atomic E-state index is 12.1. The summed E-state index contributed by atoms with van der Waals surface area (Å²) in [6.07, 6.45) is 1.66. The van der Waals surface area contributed by atoms with E-state index < -0.39 is 0 Å². The number of nitrogens with one attached hydrogen (secondary N) is 2. The first-order valence-electron chi connectivity index (χ1n) is 8.02. The number of rotatable bonds is 6. The van der Waals surface area contributed by atoms with Gasteiger partial charge >= 0.3 is 5.97 Å². The summed E-state index contributed by atoms with van der Waals surface area (Å²) in [5.41, 5.74) is 1.97. The van der Waals surface area contributed by atoms with Crippen LogP contribution in [-0.4, -0.2) is 27.7 Å². The summed E-state index contributed by atoms with van der Waals surface area (Å²) in [7, 11) is 1.38. The molecule has 0 spiro atoms. The quantitative estimate of drug-likeness (QED) is 0.666. The minimum atomic E-state index is -0.385. The van der Waals surface area contributed by atoms with Crippen LogP contribution in [0.2, 0.25) is 0 Å². The van der Waals surface area contributed by atoms with Crippen molar-refractivity contribution in [3.63, 3.8) is 0 Å². The Kier molecular flexibility index (Phi) is 4.95. The molecule has 0 aliphatic carbocycles. The Balaban J connectivity index is 1.84. The van der Waals surface area contributed by atoms with Crippen molar-refractivity contribution >= 4 is 11.6 Å². The summed E-state index contributed by atoms with van der Waals surface area (Å²) in [6, 6.07) is 12.6. The van der Waals surface area contributed by atoms with Gasteiger partial charge in [-0.25, -0.2) is 9.50 Å². The average molecular weight is 340 g/mol. The Bertz CT molecular complexity index is 917. The van der Waals surface area contributed by atoms with Gasteiger partial charge in [-0.2, -0.15) is 0 Å². The monoisotopic (exact) mass is 340 g/mol. The van der Waals surface area contributed by atoms with Crippen molar-refractivity contribution in [2.75, 3.05) is 7.11 Å². The molecule has 130 valence electrons. The third-order valence-electron chi connectivity index (χ3n) is 4.17. The van der Waals surface area contributed by atoms with Gasteiger partial charge in [0.1, 0.15) is 0 Å². The molecular weight excluding hydrogens is 320 g/mol. The number of ether oxygens (including phenoxy) is 1. The number of carbonyl (C=O) groups is 1. The fraction of sp³-hybridized carbons (Fsp3) is 0.278. The largest absolute Gasteiger partial charge is 0.469 e. The summed E-state index contributed by atoms with van der Waals surface area (Å²) >= 11 is 0. The smallest absolute Gasteiger partial charge is 0.310 e. The van der Waals surface area contributed by atoms with Gasteiger partial charge in [0.15, 0.2) is 5.65 Å². The first kappa shape index (κ1) is 16.9. The molecule has 2 heterocycles. The van der Waals surface area contributed by atoms with E-state index in [0.717, 1.165) is 5.56 Å². The second-order valence-corrected chi connectivity index (χ2v) is 5.82. The van der Waals surface area contributed by atoms with E-state index in [0.29, 0.717) is 17.9 Å². The number of aromatic amines is 1. The topological polar surface area (TPSA) is 88.5 Å². The molecule has 2 aromatic heterocycles. The molecule has 3 rings (SSSR count). The molecule has 0 saturated heterocycles. The molecular formula is C18H20N4O3. The van der Waals surface area contributed by atoms with Crippen LogP contribution < -0.4 is 10.9 Å². The summed E-state index contributed by atoms with van der Waals surface area (Å²) in [6.45, 7) is 2.17. The highest BCUT2D eigenvalue weighted by atomic mass is 16.5. The maximum atomic E-state index is 12.1. The zero-order valence-corrected chi connectivity index (χ0v) is 14.1. The van der Waals surface area contributed by atoms with Crippen LogP contribution in [0.4, 0.5) is 0 Å². The molecule has 0 radical (unpaired) electrons. The number of benzene rings is 1. The molecule has 0 aliphatic rings. The summed E-state index contributed by atoms with van der Waals surface area (Å²) < 4.78 is 6.25. The van der Waals surface area contributed by atoms with Crippen molar-refractivity contribution in [2.45, 2.75) is 19.5 Å². The van der Waals surface area contributed by atoms with E-state index in [2.05, 4.69) is 15.4 Å². The van der Waals surface area contributed by atoms with Gasteiger partial charge in [0.25, 0.3) is 5.56 Å². The van der Waals surface area contributed by atoms with E-state index in [9.17, 15) is 9.59 Å². The summed E-state index contributed by atoms with van der Waals surface area (Å²) in [4.78, 5) is 28.5. The SMILES string of the molecule is COC(=O)[C@@H](C)[C@H](NCc1cc(=O)n2[nH]ccc2n1)c1ccccc1. The fourth-order valence-corrected chi connectivity index (χ4v) is 2.85. The van der Waals surface area contributed by atoms with Gasteiger partial charge in [0, 0.05) is 30.9 Å². The van der Waals surface area contributed by atoms with Crippen molar-refractivity contribution in [2.24, 2.45) is 5.92 Å². The summed E-state index contributed by atoms with van der Waals surface area (Å²) in [5.74, 6) is -0.681. The van der Waals surface area contributed by atoms with Gasteiger partial charge in [0.2, 0.25) is 0 Å². The first-order chi connectivity index (χ1) is 12.1. The second-order valence-electron chi connectivity index (χ2n) is 5.82. The fourth-order valence-electron chi connectivity index (χ4n) is 2.85. The Morgan fingerprint density at radius 2 is 2.08 bits per heavy atom. The molecule has 0 aliphatic heterocycles. The van der Waals surface area contributed by atoms with Crippen molar-refractivity contribution in [3.8, 4) is 0 Å². The van der Waals surface area contributed by atoms with Gasteiger partial charge in [-0.1, -0.05) is 37.3 Å². The molecule has 2 atom stereocenters. The lowest BCUT2D eigenvalue weighted by molar-refractivity contribution is -0.146. The van der Waals surface area contributed by atoms with E-state index in [4.69, 9.17) is 4.74 Å². The Morgan fingerprint density at radius 1 is 1.32 bits per heavy atom. The molecule has 0 fully saturated rings. The minimum absolute atomic E-state index is 0.177. The molecule has 7 heteroatoms. The number of carbonyl (C=O) groups excluding carboxylic acids is 1. The van der Waals surface area contributed by atoms with E-state index in [1.54, 1.807) is 12.3 Å². The highest BCUT2D eigenvalue weighted by molar-refractivity contribution is 5.73. The number of aromatic nitrogens is 3. The van der Waals surface area contributed by atoms with Crippen LogP contribution in [0.15, 0.2) is 53.5 Å². The molecule has 0 bridgehead atoms. The van der Waals surface area contributed by atoms with E-state index in [1.165, 1.54) is 17.7 Å². The summed E-state index contributed by atoms with van der Waals surface area (Å²) in [5, 5.41) is 6.14. The minimum Gasteiger partial charge on any atom is -0.469 e. The maximum Gasteiger partial charge on any atom is 0.310 e. The molecule has 3 aromatic rings. The lowest BCUT2D eigenvalue weighted by atomic mass is 9.94. The normalized spacial score (nSPS) is 13.5. The first-order valence-corrected chi connectivity index (χ1v) is 8.02. The Labute approximate surface area is 144 Å². The van der Waals surface area contributed by atoms with Crippen LogP contribution in [0.3, 0.4) is 0 Å². The van der Waals surface area contributed by atoms with Crippen molar-refractivity contribution in [1.82, 2.24) is 19.9 Å². The predicted molar refractivity (Wildman–Crippen MR) is 93.0 cm³/mol. The molecule has 7 nitrogen and oxygen atoms in total. The third-order valence-corrected chi connectivity index (χ3v) is 4.17.